The second-order valence-corrected chi connectivity index (χ2v) is 6.38. The first-order chi connectivity index (χ1) is 12.2. The molecule has 4 aromatic rings. The van der Waals surface area contributed by atoms with E-state index in [-0.39, 0.29) is 0 Å². The normalized spacial score (nSPS) is 10.9. The molecule has 0 saturated heterocycles. The van der Waals surface area contributed by atoms with Crippen LogP contribution in [0.15, 0.2) is 48.5 Å². The molecule has 2 aromatic carbocycles. The Bertz CT molecular complexity index is 992. The van der Waals surface area contributed by atoms with E-state index in [1.807, 2.05) is 48.5 Å². The Labute approximate surface area is 148 Å². The first kappa shape index (κ1) is 15.4. The van der Waals surface area contributed by atoms with Crippen molar-refractivity contribution in [1.29, 1.82) is 0 Å². The van der Waals surface area contributed by atoms with Crippen LogP contribution in [0.5, 0.6) is 5.75 Å². The lowest BCUT2D eigenvalue weighted by atomic mass is 10.2. The molecule has 0 amide bonds. The number of hydrogen-bond donors (Lipinski definition) is 2. The van der Waals surface area contributed by atoms with Crippen molar-refractivity contribution < 1.29 is 4.74 Å². The molecule has 0 aliphatic heterocycles. The Morgan fingerprint density at radius 2 is 2.04 bits per heavy atom. The fraction of sp³-hybridized carbons (Fsp3) is 0.118. The quantitative estimate of drug-likeness (QED) is 0.573. The van der Waals surface area contributed by atoms with Gasteiger partial charge < -0.3 is 15.8 Å². The molecule has 0 radical (unpaired) electrons. The van der Waals surface area contributed by atoms with Gasteiger partial charge in [-0.2, -0.15) is 9.67 Å². The Morgan fingerprint density at radius 1 is 1.16 bits per heavy atom. The highest BCUT2D eigenvalue weighted by Gasteiger charge is 2.13. The van der Waals surface area contributed by atoms with Gasteiger partial charge in [-0.15, -0.1) is 5.10 Å². The first-order valence-electron chi connectivity index (χ1n) is 7.68. The average molecular weight is 352 g/mol. The number of rotatable bonds is 5. The number of nitrogens with zero attached hydrogens (tertiary/aromatic N) is 4. The van der Waals surface area contributed by atoms with Crippen LogP contribution in [0.2, 0.25) is 0 Å². The molecule has 2 aromatic heterocycles. The third kappa shape index (κ3) is 3.11. The van der Waals surface area contributed by atoms with Gasteiger partial charge in [0.25, 0.3) is 0 Å². The molecule has 0 spiro atoms. The molecule has 0 aliphatic rings. The van der Waals surface area contributed by atoms with E-state index < -0.39 is 0 Å². The number of nitrogen functional groups attached to an aromatic ring is 1. The molecule has 7 nitrogen and oxygen atoms in total. The Hall–Kier alpha value is -3.13. The number of hydrogen-bond acceptors (Lipinski definition) is 7. The molecule has 2 heterocycles. The molecule has 8 heteroatoms. The number of thiazole rings is 1. The van der Waals surface area contributed by atoms with E-state index in [2.05, 4.69) is 20.4 Å². The lowest BCUT2D eigenvalue weighted by Gasteiger charge is -2.04. The molecule has 0 aliphatic carbocycles. The molecule has 0 bridgehead atoms. The second-order valence-electron chi connectivity index (χ2n) is 5.37. The topological polar surface area (TPSA) is 90.9 Å². The zero-order valence-corrected chi connectivity index (χ0v) is 14.3. The summed E-state index contributed by atoms with van der Waals surface area (Å²) in [6.45, 7) is 0.570. The third-order valence-corrected chi connectivity index (χ3v) is 4.69. The number of anilines is 2. The van der Waals surface area contributed by atoms with Crippen molar-refractivity contribution in [3.63, 3.8) is 0 Å². The Kier molecular flexibility index (Phi) is 3.95. The van der Waals surface area contributed by atoms with E-state index in [9.17, 15) is 0 Å². The number of fused-ring (bicyclic) bond motifs is 1. The summed E-state index contributed by atoms with van der Waals surface area (Å²) in [5, 5.41) is 8.29. The molecule has 0 atom stereocenters. The zero-order chi connectivity index (χ0) is 17.2. The van der Waals surface area contributed by atoms with E-state index in [0.29, 0.717) is 23.6 Å². The Balaban J connectivity index is 1.55. The smallest absolute Gasteiger partial charge is 0.244 e. The summed E-state index contributed by atoms with van der Waals surface area (Å²) in [6.07, 6.45) is 0. The Morgan fingerprint density at radius 3 is 2.88 bits per heavy atom. The molecule has 4 rings (SSSR count). The van der Waals surface area contributed by atoms with Crippen LogP contribution in [0.1, 0.15) is 5.56 Å². The maximum atomic E-state index is 6.01. The number of ether oxygens (including phenoxy) is 1. The highest BCUT2D eigenvalue weighted by molar-refractivity contribution is 7.20. The first-order valence-corrected chi connectivity index (χ1v) is 8.50. The van der Waals surface area contributed by atoms with E-state index in [1.165, 1.54) is 11.3 Å². The summed E-state index contributed by atoms with van der Waals surface area (Å²) in [5.41, 5.74) is 7.99. The van der Waals surface area contributed by atoms with Crippen LogP contribution in [0, 0.1) is 0 Å². The number of nitrogens with one attached hydrogen (secondary N) is 1. The molecule has 0 unspecified atom stereocenters. The van der Waals surface area contributed by atoms with Crippen LogP contribution >= 0.6 is 11.3 Å². The molecule has 126 valence electrons. The highest BCUT2D eigenvalue weighted by Crippen LogP contribution is 2.26. The van der Waals surface area contributed by atoms with Crippen LogP contribution in [-0.2, 0) is 6.54 Å². The fourth-order valence-corrected chi connectivity index (χ4v) is 3.38. The van der Waals surface area contributed by atoms with Crippen LogP contribution in [-0.4, -0.2) is 26.9 Å². The van der Waals surface area contributed by atoms with Gasteiger partial charge in [0.1, 0.15) is 5.75 Å². The summed E-state index contributed by atoms with van der Waals surface area (Å²) in [6, 6.07) is 15.7. The van der Waals surface area contributed by atoms with Gasteiger partial charge in [0, 0.05) is 6.54 Å². The van der Waals surface area contributed by atoms with E-state index in [1.54, 1.807) is 11.8 Å². The summed E-state index contributed by atoms with van der Waals surface area (Å²) in [7, 11) is 1.65. The maximum absolute atomic E-state index is 6.01. The van der Waals surface area contributed by atoms with Crippen LogP contribution in [0.4, 0.5) is 11.9 Å². The lowest BCUT2D eigenvalue weighted by molar-refractivity contribution is 0.414. The molecule has 3 N–H and O–H groups in total. The zero-order valence-electron chi connectivity index (χ0n) is 13.5. The van der Waals surface area contributed by atoms with Crippen molar-refractivity contribution in [3.8, 4) is 10.9 Å². The number of para-hydroxylation sites is 1. The van der Waals surface area contributed by atoms with Crippen molar-refractivity contribution in [2.24, 2.45) is 0 Å². The largest absolute Gasteiger partial charge is 0.497 e. The molecular weight excluding hydrogens is 336 g/mol. The highest BCUT2D eigenvalue weighted by atomic mass is 32.1. The molecular formula is C17H16N6OS. The lowest BCUT2D eigenvalue weighted by Crippen LogP contribution is -2.03. The van der Waals surface area contributed by atoms with Gasteiger partial charge in [-0.1, -0.05) is 35.6 Å². The van der Waals surface area contributed by atoms with Gasteiger partial charge in [0.05, 0.1) is 17.3 Å². The van der Waals surface area contributed by atoms with Crippen LogP contribution in [0.25, 0.3) is 15.3 Å². The van der Waals surface area contributed by atoms with Crippen LogP contribution in [0.3, 0.4) is 0 Å². The average Bonchev–Trinajstić information content (AvgIpc) is 3.23. The SMILES string of the molecule is COc1cccc(CNc2nc(N)n(-c3nc4ccccc4s3)n2)c1. The molecule has 0 fully saturated rings. The monoisotopic (exact) mass is 352 g/mol. The standard InChI is InChI=1S/C17H16N6OS/c1-24-12-6-4-5-11(9-12)10-19-16-21-15(18)23(22-16)17-20-13-7-2-3-8-14(13)25-17/h2-9H,10H2,1H3,(H3,18,19,21,22). The maximum Gasteiger partial charge on any atom is 0.244 e. The van der Waals surface area contributed by atoms with Gasteiger partial charge >= 0.3 is 0 Å². The van der Waals surface area contributed by atoms with Gasteiger partial charge in [-0.3, -0.25) is 0 Å². The number of nitrogens with two attached hydrogens (primary N) is 1. The van der Waals surface area contributed by atoms with E-state index in [0.717, 1.165) is 21.5 Å². The van der Waals surface area contributed by atoms with Gasteiger partial charge in [0.15, 0.2) is 0 Å². The van der Waals surface area contributed by atoms with Crippen molar-refractivity contribution in [3.05, 3.63) is 54.1 Å². The van der Waals surface area contributed by atoms with Crippen molar-refractivity contribution >= 4 is 33.5 Å². The van der Waals surface area contributed by atoms with Gasteiger partial charge in [-0.25, -0.2) is 4.98 Å². The van der Waals surface area contributed by atoms with Gasteiger partial charge in [-0.05, 0) is 29.8 Å². The third-order valence-electron chi connectivity index (χ3n) is 3.68. The minimum absolute atomic E-state index is 0.298. The molecule has 25 heavy (non-hydrogen) atoms. The summed E-state index contributed by atoms with van der Waals surface area (Å²) in [4.78, 5) is 8.82. The predicted molar refractivity (Wildman–Crippen MR) is 99.3 cm³/mol. The number of methoxy groups -OCH3 is 1. The van der Waals surface area contributed by atoms with Crippen LogP contribution < -0.4 is 15.8 Å². The minimum atomic E-state index is 0.298. The summed E-state index contributed by atoms with van der Waals surface area (Å²) >= 11 is 1.52. The van der Waals surface area contributed by atoms with Crippen molar-refractivity contribution in [1.82, 2.24) is 19.7 Å². The van der Waals surface area contributed by atoms with Gasteiger partial charge in [0.2, 0.25) is 17.0 Å². The number of aromatic nitrogens is 4. The van der Waals surface area contributed by atoms with Crippen molar-refractivity contribution in [2.75, 3.05) is 18.2 Å². The summed E-state index contributed by atoms with van der Waals surface area (Å²) < 4.78 is 7.86. The fourth-order valence-electron chi connectivity index (χ4n) is 2.45. The molecule has 0 saturated carbocycles. The minimum Gasteiger partial charge on any atom is -0.497 e. The van der Waals surface area contributed by atoms with E-state index in [4.69, 9.17) is 10.5 Å². The second kappa shape index (κ2) is 6.40. The predicted octanol–water partition coefficient (Wildman–Crippen LogP) is 3.08. The van der Waals surface area contributed by atoms with E-state index >= 15 is 0 Å². The summed E-state index contributed by atoms with van der Waals surface area (Å²) in [5.74, 6) is 1.57. The number of benzene rings is 2. The van der Waals surface area contributed by atoms with Crippen molar-refractivity contribution in [2.45, 2.75) is 6.54 Å².